The summed E-state index contributed by atoms with van der Waals surface area (Å²) in [5.74, 6) is 0.631. The normalized spacial score (nSPS) is 30.1. The highest BCUT2D eigenvalue weighted by molar-refractivity contribution is 5.28. The molecular formula is C21H26F2. The Labute approximate surface area is 138 Å². The summed E-state index contributed by atoms with van der Waals surface area (Å²) in [4.78, 5) is 0. The van der Waals surface area contributed by atoms with Gasteiger partial charge in [-0.05, 0) is 92.6 Å². The molecule has 2 heteroatoms. The maximum atomic E-state index is 14.2. The number of allylic oxidation sites excluding steroid dienone is 1. The molecule has 1 spiro atoms. The van der Waals surface area contributed by atoms with Gasteiger partial charge in [0.1, 0.15) is 0 Å². The van der Waals surface area contributed by atoms with Crippen molar-refractivity contribution < 1.29 is 8.78 Å². The fourth-order valence-electron chi connectivity index (χ4n) is 5.56. The standard InChI is InChI=1S/C21H26F2/c1-13-9-21(10-13)11-17(12-21)15-4-6-16(7-5-15)18-8-3-14(2)19(22)20(18)23/h3,8,15-17H,1,4-7,9-12H2,2H3. The van der Waals surface area contributed by atoms with Crippen LogP contribution in [0.4, 0.5) is 8.78 Å². The van der Waals surface area contributed by atoms with Crippen molar-refractivity contribution in [2.24, 2.45) is 17.3 Å². The molecule has 0 amide bonds. The Balaban J connectivity index is 1.35. The highest BCUT2D eigenvalue weighted by Crippen LogP contribution is 2.63. The molecule has 3 aliphatic carbocycles. The van der Waals surface area contributed by atoms with Gasteiger partial charge in [0.05, 0.1) is 0 Å². The molecule has 3 saturated carbocycles. The molecule has 3 fully saturated rings. The lowest BCUT2D eigenvalue weighted by Crippen LogP contribution is -2.46. The summed E-state index contributed by atoms with van der Waals surface area (Å²) in [5, 5.41) is 0. The van der Waals surface area contributed by atoms with Gasteiger partial charge >= 0.3 is 0 Å². The van der Waals surface area contributed by atoms with Gasteiger partial charge in [-0.1, -0.05) is 24.3 Å². The van der Waals surface area contributed by atoms with Gasteiger partial charge in [-0.2, -0.15) is 0 Å². The van der Waals surface area contributed by atoms with E-state index in [0.717, 1.165) is 24.7 Å². The number of rotatable bonds is 2. The van der Waals surface area contributed by atoms with E-state index in [1.54, 1.807) is 19.1 Å². The number of hydrogen-bond acceptors (Lipinski definition) is 0. The van der Waals surface area contributed by atoms with Gasteiger partial charge in [-0.3, -0.25) is 0 Å². The molecule has 3 aliphatic rings. The first kappa shape index (κ1) is 15.4. The second-order valence-electron chi connectivity index (χ2n) is 8.48. The van der Waals surface area contributed by atoms with Crippen LogP contribution in [0.25, 0.3) is 0 Å². The summed E-state index contributed by atoms with van der Waals surface area (Å²) >= 11 is 0. The first-order valence-electron chi connectivity index (χ1n) is 9.09. The zero-order chi connectivity index (χ0) is 16.2. The largest absolute Gasteiger partial charge is 0.203 e. The van der Waals surface area contributed by atoms with Crippen molar-refractivity contribution in [3.05, 3.63) is 47.0 Å². The molecule has 0 heterocycles. The second-order valence-corrected chi connectivity index (χ2v) is 8.48. The summed E-state index contributed by atoms with van der Waals surface area (Å²) in [5.41, 5.74) is 3.07. The molecule has 0 aromatic heterocycles. The first-order chi connectivity index (χ1) is 11.0. The average Bonchev–Trinajstić information content (AvgIpc) is 2.48. The Morgan fingerprint density at radius 1 is 0.957 bits per heavy atom. The minimum atomic E-state index is -0.657. The van der Waals surface area contributed by atoms with E-state index < -0.39 is 11.6 Å². The fraction of sp³-hybridized carbons (Fsp3) is 0.619. The molecule has 0 atom stereocenters. The van der Waals surface area contributed by atoms with E-state index in [1.807, 2.05) is 0 Å². The SMILES string of the molecule is C=C1CC2(C1)CC(C1CCC(c3ccc(C)c(F)c3F)CC1)C2. The Bertz CT molecular complexity index is 621. The fourth-order valence-corrected chi connectivity index (χ4v) is 5.56. The van der Waals surface area contributed by atoms with Crippen LogP contribution in [0.2, 0.25) is 0 Å². The van der Waals surface area contributed by atoms with Crippen molar-refractivity contribution in [2.45, 2.75) is 64.2 Å². The predicted molar refractivity (Wildman–Crippen MR) is 89.3 cm³/mol. The van der Waals surface area contributed by atoms with Gasteiger partial charge in [0.25, 0.3) is 0 Å². The highest BCUT2D eigenvalue weighted by Gasteiger charge is 2.51. The van der Waals surface area contributed by atoms with Gasteiger partial charge in [-0.15, -0.1) is 0 Å². The summed E-state index contributed by atoms with van der Waals surface area (Å²) in [6, 6.07) is 3.52. The molecule has 0 aliphatic heterocycles. The van der Waals surface area contributed by atoms with Crippen LogP contribution in [0.5, 0.6) is 0 Å². The van der Waals surface area contributed by atoms with Gasteiger partial charge < -0.3 is 0 Å². The van der Waals surface area contributed by atoms with Crippen LogP contribution in [0.1, 0.15) is 68.4 Å². The molecule has 4 rings (SSSR count). The Hall–Kier alpha value is -1.18. The molecule has 0 radical (unpaired) electrons. The van der Waals surface area contributed by atoms with Crippen LogP contribution < -0.4 is 0 Å². The van der Waals surface area contributed by atoms with E-state index in [2.05, 4.69) is 6.58 Å². The van der Waals surface area contributed by atoms with E-state index >= 15 is 0 Å². The molecule has 1 aromatic carbocycles. The van der Waals surface area contributed by atoms with E-state index in [-0.39, 0.29) is 5.92 Å². The molecule has 1 aromatic rings. The minimum Gasteiger partial charge on any atom is -0.203 e. The van der Waals surface area contributed by atoms with E-state index in [4.69, 9.17) is 0 Å². The van der Waals surface area contributed by atoms with Gasteiger partial charge in [0.2, 0.25) is 0 Å². The minimum absolute atomic E-state index is 0.207. The lowest BCUT2D eigenvalue weighted by molar-refractivity contribution is -0.0274. The van der Waals surface area contributed by atoms with Gasteiger partial charge in [-0.25, -0.2) is 8.78 Å². The number of halogens is 2. The smallest absolute Gasteiger partial charge is 0.162 e. The summed E-state index contributed by atoms with van der Waals surface area (Å²) in [6.45, 7) is 5.70. The average molecular weight is 316 g/mol. The van der Waals surface area contributed by atoms with Crippen molar-refractivity contribution in [3.8, 4) is 0 Å². The monoisotopic (exact) mass is 316 g/mol. The first-order valence-corrected chi connectivity index (χ1v) is 9.09. The van der Waals surface area contributed by atoms with Crippen LogP contribution in [0.3, 0.4) is 0 Å². The van der Waals surface area contributed by atoms with Crippen molar-refractivity contribution in [3.63, 3.8) is 0 Å². The van der Waals surface area contributed by atoms with E-state index in [9.17, 15) is 8.78 Å². The number of hydrogen-bond donors (Lipinski definition) is 0. The Morgan fingerprint density at radius 3 is 2.22 bits per heavy atom. The Morgan fingerprint density at radius 2 is 1.61 bits per heavy atom. The highest BCUT2D eigenvalue weighted by atomic mass is 19.2. The molecule has 0 unspecified atom stereocenters. The number of benzene rings is 1. The molecular weight excluding hydrogens is 290 g/mol. The van der Waals surface area contributed by atoms with E-state index in [1.165, 1.54) is 44.1 Å². The van der Waals surface area contributed by atoms with E-state index in [0.29, 0.717) is 16.5 Å². The van der Waals surface area contributed by atoms with Crippen LogP contribution in [0, 0.1) is 35.8 Å². The second kappa shape index (κ2) is 5.43. The van der Waals surface area contributed by atoms with Crippen LogP contribution in [-0.2, 0) is 0 Å². The third kappa shape index (κ3) is 2.55. The maximum Gasteiger partial charge on any atom is 0.162 e. The predicted octanol–water partition coefficient (Wildman–Crippen LogP) is 6.29. The summed E-state index contributed by atoms with van der Waals surface area (Å²) in [6.07, 6.45) is 9.67. The quantitative estimate of drug-likeness (QED) is 0.562. The van der Waals surface area contributed by atoms with Crippen LogP contribution in [-0.4, -0.2) is 0 Å². The molecule has 124 valence electrons. The van der Waals surface area contributed by atoms with Crippen molar-refractivity contribution in [2.75, 3.05) is 0 Å². The summed E-state index contributed by atoms with van der Waals surface area (Å²) in [7, 11) is 0. The zero-order valence-electron chi connectivity index (χ0n) is 14.0. The van der Waals surface area contributed by atoms with Crippen LogP contribution in [0.15, 0.2) is 24.3 Å². The topological polar surface area (TPSA) is 0 Å². The zero-order valence-corrected chi connectivity index (χ0v) is 14.0. The van der Waals surface area contributed by atoms with Crippen molar-refractivity contribution in [1.82, 2.24) is 0 Å². The molecule has 0 nitrogen and oxygen atoms in total. The van der Waals surface area contributed by atoms with Gasteiger partial charge in [0.15, 0.2) is 11.6 Å². The molecule has 0 saturated heterocycles. The molecule has 23 heavy (non-hydrogen) atoms. The Kier molecular flexibility index (Phi) is 3.62. The van der Waals surface area contributed by atoms with Gasteiger partial charge in [0, 0.05) is 0 Å². The summed E-state index contributed by atoms with van der Waals surface area (Å²) < 4.78 is 28.0. The number of aryl methyl sites for hydroxylation is 1. The van der Waals surface area contributed by atoms with Crippen LogP contribution >= 0.6 is 0 Å². The molecule has 0 bridgehead atoms. The van der Waals surface area contributed by atoms with Crippen molar-refractivity contribution >= 4 is 0 Å². The lowest BCUT2D eigenvalue weighted by Gasteiger charge is -2.58. The lowest BCUT2D eigenvalue weighted by atomic mass is 9.47. The maximum absolute atomic E-state index is 14.2. The van der Waals surface area contributed by atoms with Crippen molar-refractivity contribution in [1.29, 1.82) is 0 Å². The molecule has 0 N–H and O–H groups in total. The third-order valence-electron chi connectivity index (χ3n) is 6.82. The third-order valence-corrected chi connectivity index (χ3v) is 6.82.